The summed E-state index contributed by atoms with van der Waals surface area (Å²) in [6.45, 7) is 0. The lowest BCUT2D eigenvalue weighted by Crippen LogP contribution is -2.51. The summed E-state index contributed by atoms with van der Waals surface area (Å²) in [6, 6.07) is 0. The second kappa shape index (κ2) is 4.58. The number of aliphatic hydroxyl groups excluding tert-OH is 1. The van der Waals surface area contributed by atoms with Gasteiger partial charge in [-0.05, 0) is 32.1 Å². The van der Waals surface area contributed by atoms with Gasteiger partial charge in [0.1, 0.15) is 5.78 Å². The zero-order valence-electron chi connectivity index (χ0n) is 10.7. The summed E-state index contributed by atoms with van der Waals surface area (Å²) in [5.41, 5.74) is 0. The predicted octanol–water partition coefficient (Wildman–Crippen LogP) is 1.38. The van der Waals surface area contributed by atoms with E-state index in [1.165, 1.54) is 0 Å². The third-order valence-corrected chi connectivity index (χ3v) is 4.95. The lowest BCUT2D eigenvalue weighted by atomic mass is 9.85. The number of carbonyl (C=O) groups is 1. The molecule has 0 amide bonds. The van der Waals surface area contributed by atoms with E-state index in [1.54, 1.807) is 0 Å². The Balaban J connectivity index is 1.66. The van der Waals surface area contributed by atoms with Crippen LogP contribution in [0.1, 0.15) is 51.4 Å². The smallest absolute Gasteiger partial charge is 0.171 e. The molecule has 3 fully saturated rings. The summed E-state index contributed by atoms with van der Waals surface area (Å²) in [5.74, 6) is -0.852. The number of carbonyl (C=O) groups excluding carboxylic acids is 1. The van der Waals surface area contributed by atoms with E-state index >= 15 is 0 Å². The Morgan fingerprint density at radius 2 is 2.17 bits per heavy atom. The van der Waals surface area contributed by atoms with Crippen molar-refractivity contribution in [2.24, 2.45) is 11.8 Å². The molecular formula is C14H22O4. The lowest BCUT2D eigenvalue weighted by Gasteiger charge is -2.42. The number of Topliss-reactive ketones (excluding diaryl/α,β-unsaturated/α-hetero) is 1. The molecule has 1 aliphatic heterocycles. The first-order valence-electron chi connectivity index (χ1n) is 7.19. The van der Waals surface area contributed by atoms with Crippen LogP contribution in [0.2, 0.25) is 0 Å². The molecule has 0 spiro atoms. The third-order valence-electron chi connectivity index (χ3n) is 4.95. The molecule has 0 radical (unpaired) electrons. The van der Waals surface area contributed by atoms with Gasteiger partial charge in [0, 0.05) is 31.1 Å². The maximum absolute atomic E-state index is 11.7. The van der Waals surface area contributed by atoms with Gasteiger partial charge in [0.05, 0.1) is 12.2 Å². The minimum absolute atomic E-state index is 0.0868. The first-order chi connectivity index (χ1) is 8.58. The SMILES string of the molecule is O=C1CCCC1CC1C[C@H](O)[C@H]2CCCC2(O)O1. The highest BCUT2D eigenvalue weighted by molar-refractivity contribution is 5.82. The molecule has 0 aromatic rings. The molecule has 4 heteroatoms. The highest BCUT2D eigenvalue weighted by Gasteiger charge is 2.51. The molecule has 0 aromatic carbocycles. The fraction of sp³-hybridized carbons (Fsp3) is 0.929. The van der Waals surface area contributed by atoms with Gasteiger partial charge in [-0.1, -0.05) is 0 Å². The zero-order chi connectivity index (χ0) is 12.8. The summed E-state index contributed by atoms with van der Waals surface area (Å²) in [5, 5.41) is 20.6. The Kier molecular flexibility index (Phi) is 3.20. The summed E-state index contributed by atoms with van der Waals surface area (Å²) < 4.78 is 5.82. The molecule has 5 atom stereocenters. The largest absolute Gasteiger partial charge is 0.393 e. The quantitative estimate of drug-likeness (QED) is 0.781. The van der Waals surface area contributed by atoms with Crippen LogP contribution < -0.4 is 0 Å². The minimum Gasteiger partial charge on any atom is -0.393 e. The van der Waals surface area contributed by atoms with E-state index < -0.39 is 11.9 Å². The van der Waals surface area contributed by atoms with Crippen molar-refractivity contribution in [3.8, 4) is 0 Å². The third kappa shape index (κ3) is 2.10. The number of fused-ring (bicyclic) bond motifs is 1. The molecule has 18 heavy (non-hydrogen) atoms. The number of hydrogen-bond donors (Lipinski definition) is 2. The van der Waals surface area contributed by atoms with Crippen LogP contribution in [-0.2, 0) is 9.53 Å². The van der Waals surface area contributed by atoms with Crippen LogP contribution in [0, 0.1) is 11.8 Å². The van der Waals surface area contributed by atoms with Crippen molar-refractivity contribution in [3.05, 3.63) is 0 Å². The predicted molar refractivity (Wildman–Crippen MR) is 64.8 cm³/mol. The Hall–Kier alpha value is -0.450. The normalized spacial score (nSPS) is 48.4. The zero-order valence-corrected chi connectivity index (χ0v) is 10.7. The fourth-order valence-corrected chi connectivity index (χ4v) is 3.99. The first kappa shape index (κ1) is 12.6. The van der Waals surface area contributed by atoms with Gasteiger partial charge >= 0.3 is 0 Å². The van der Waals surface area contributed by atoms with Crippen molar-refractivity contribution in [2.45, 2.75) is 69.4 Å². The van der Waals surface area contributed by atoms with E-state index in [1.807, 2.05) is 0 Å². The van der Waals surface area contributed by atoms with Gasteiger partial charge in [-0.25, -0.2) is 0 Å². The maximum Gasteiger partial charge on any atom is 0.171 e. The molecule has 2 aliphatic carbocycles. The van der Waals surface area contributed by atoms with E-state index in [0.717, 1.165) is 25.7 Å². The molecule has 0 bridgehead atoms. The minimum atomic E-state index is -1.13. The van der Waals surface area contributed by atoms with Gasteiger partial charge in [0.15, 0.2) is 5.79 Å². The van der Waals surface area contributed by atoms with Crippen LogP contribution in [0.3, 0.4) is 0 Å². The van der Waals surface area contributed by atoms with Gasteiger partial charge in [0.25, 0.3) is 0 Å². The van der Waals surface area contributed by atoms with Crippen molar-refractivity contribution in [1.82, 2.24) is 0 Å². The molecule has 4 nitrogen and oxygen atoms in total. The average molecular weight is 254 g/mol. The van der Waals surface area contributed by atoms with Gasteiger partial charge in [-0.2, -0.15) is 0 Å². The van der Waals surface area contributed by atoms with E-state index in [4.69, 9.17) is 4.74 Å². The highest BCUT2D eigenvalue weighted by atomic mass is 16.6. The second-order valence-corrected chi connectivity index (χ2v) is 6.18. The number of rotatable bonds is 2. The summed E-state index contributed by atoms with van der Waals surface area (Å²) in [4.78, 5) is 11.7. The van der Waals surface area contributed by atoms with Gasteiger partial charge in [-0.15, -0.1) is 0 Å². The molecule has 3 unspecified atom stereocenters. The molecule has 0 aromatic heterocycles. The topological polar surface area (TPSA) is 66.8 Å². The van der Waals surface area contributed by atoms with Crippen LogP contribution in [0.15, 0.2) is 0 Å². The van der Waals surface area contributed by atoms with Crippen LogP contribution >= 0.6 is 0 Å². The van der Waals surface area contributed by atoms with Crippen LogP contribution in [-0.4, -0.2) is 34.0 Å². The summed E-state index contributed by atoms with van der Waals surface area (Å²) >= 11 is 0. The summed E-state index contributed by atoms with van der Waals surface area (Å²) in [7, 11) is 0. The molecule has 1 saturated heterocycles. The monoisotopic (exact) mass is 254 g/mol. The van der Waals surface area contributed by atoms with Crippen molar-refractivity contribution in [2.75, 3.05) is 0 Å². The standard InChI is InChI=1S/C14H22O4/c15-12-5-1-3-9(12)7-10-8-13(16)11-4-2-6-14(11,17)18-10/h9-11,13,16-17H,1-8H2/t9?,10?,11-,13+,14?/m1/s1. The van der Waals surface area contributed by atoms with Crippen molar-refractivity contribution in [3.63, 3.8) is 0 Å². The van der Waals surface area contributed by atoms with Gasteiger partial charge in [0.2, 0.25) is 0 Å². The first-order valence-corrected chi connectivity index (χ1v) is 7.19. The molecule has 2 saturated carbocycles. The van der Waals surface area contributed by atoms with Crippen molar-refractivity contribution >= 4 is 5.78 Å². The molecule has 3 rings (SSSR count). The molecule has 2 N–H and O–H groups in total. The Morgan fingerprint density at radius 3 is 2.89 bits per heavy atom. The Labute approximate surface area is 107 Å². The van der Waals surface area contributed by atoms with Crippen molar-refractivity contribution in [1.29, 1.82) is 0 Å². The van der Waals surface area contributed by atoms with E-state index in [0.29, 0.717) is 31.5 Å². The Bertz CT molecular complexity index is 343. The van der Waals surface area contributed by atoms with Crippen molar-refractivity contribution < 1.29 is 19.7 Å². The van der Waals surface area contributed by atoms with E-state index in [9.17, 15) is 15.0 Å². The lowest BCUT2D eigenvalue weighted by molar-refractivity contribution is -0.295. The highest BCUT2D eigenvalue weighted by Crippen LogP contribution is 2.45. The number of ketones is 1. The molecule has 3 aliphatic rings. The second-order valence-electron chi connectivity index (χ2n) is 6.18. The summed E-state index contributed by atoms with van der Waals surface area (Å²) in [6.07, 6.45) is 5.57. The molecule has 1 heterocycles. The number of hydrogen-bond acceptors (Lipinski definition) is 4. The fourth-order valence-electron chi connectivity index (χ4n) is 3.99. The average Bonchev–Trinajstić information content (AvgIpc) is 2.86. The van der Waals surface area contributed by atoms with Gasteiger partial charge in [-0.3, -0.25) is 4.79 Å². The van der Waals surface area contributed by atoms with Crippen LogP contribution in [0.25, 0.3) is 0 Å². The molecule has 102 valence electrons. The van der Waals surface area contributed by atoms with Crippen LogP contribution in [0.5, 0.6) is 0 Å². The Morgan fingerprint density at radius 1 is 1.33 bits per heavy atom. The molecular weight excluding hydrogens is 232 g/mol. The maximum atomic E-state index is 11.7. The van der Waals surface area contributed by atoms with Crippen LogP contribution in [0.4, 0.5) is 0 Å². The van der Waals surface area contributed by atoms with E-state index in [2.05, 4.69) is 0 Å². The number of aliphatic hydroxyl groups is 2. The van der Waals surface area contributed by atoms with Gasteiger partial charge < -0.3 is 14.9 Å². The van der Waals surface area contributed by atoms with E-state index in [-0.39, 0.29) is 17.9 Å². The number of ether oxygens (including phenoxy) is 1.